The molecule has 0 unspecified atom stereocenters. The number of rotatable bonds is 2. The SMILES string of the molecule is C1CCC(Cc2nnc3n2CCCCC3)CC1. The van der Waals surface area contributed by atoms with Gasteiger partial charge in [-0.05, 0) is 18.8 Å². The average Bonchev–Trinajstić information content (AvgIpc) is 2.61. The van der Waals surface area contributed by atoms with Gasteiger partial charge in [0.05, 0.1) is 0 Å². The molecule has 1 fully saturated rings. The predicted molar refractivity (Wildman–Crippen MR) is 67.9 cm³/mol. The van der Waals surface area contributed by atoms with Gasteiger partial charge in [0.25, 0.3) is 0 Å². The lowest BCUT2D eigenvalue weighted by atomic mass is 9.87. The third kappa shape index (κ3) is 2.53. The van der Waals surface area contributed by atoms with Crippen LogP contribution in [0.25, 0.3) is 0 Å². The minimum absolute atomic E-state index is 0.875. The van der Waals surface area contributed by atoms with Crippen LogP contribution in [0, 0.1) is 5.92 Å². The summed E-state index contributed by atoms with van der Waals surface area (Å²) in [6.45, 7) is 1.16. The Morgan fingerprint density at radius 3 is 2.65 bits per heavy atom. The topological polar surface area (TPSA) is 30.7 Å². The maximum atomic E-state index is 4.45. The van der Waals surface area contributed by atoms with E-state index >= 15 is 0 Å². The molecule has 0 aromatic carbocycles. The molecule has 0 bridgehead atoms. The van der Waals surface area contributed by atoms with Gasteiger partial charge < -0.3 is 4.57 Å². The van der Waals surface area contributed by atoms with E-state index in [0.29, 0.717) is 0 Å². The first kappa shape index (κ1) is 11.2. The number of hydrogen-bond donors (Lipinski definition) is 0. The molecule has 1 aliphatic carbocycles. The van der Waals surface area contributed by atoms with E-state index in [2.05, 4.69) is 14.8 Å². The van der Waals surface area contributed by atoms with Crippen LogP contribution >= 0.6 is 0 Å². The lowest BCUT2D eigenvalue weighted by Crippen LogP contribution is -2.14. The summed E-state index contributed by atoms with van der Waals surface area (Å²) in [5.41, 5.74) is 0. The van der Waals surface area contributed by atoms with E-state index in [9.17, 15) is 0 Å². The highest BCUT2D eigenvalue weighted by molar-refractivity contribution is 4.99. The van der Waals surface area contributed by atoms with Crippen LogP contribution < -0.4 is 0 Å². The van der Waals surface area contributed by atoms with Crippen LogP contribution in [-0.2, 0) is 19.4 Å². The van der Waals surface area contributed by atoms with E-state index in [0.717, 1.165) is 18.9 Å². The van der Waals surface area contributed by atoms with Crippen LogP contribution in [0.15, 0.2) is 0 Å². The fraction of sp³-hybridized carbons (Fsp3) is 0.857. The molecule has 0 saturated heterocycles. The molecule has 0 atom stereocenters. The van der Waals surface area contributed by atoms with Gasteiger partial charge in [0.15, 0.2) is 0 Å². The van der Waals surface area contributed by atoms with Crippen LogP contribution in [0.4, 0.5) is 0 Å². The lowest BCUT2D eigenvalue weighted by Gasteiger charge is -2.21. The van der Waals surface area contributed by atoms with E-state index in [-0.39, 0.29) is 0 Å². The van der Waals surface area contributed by atoms with Crippen molar-refractivity contribution in [3.63, 3.8) is 0 Å². The van der Waals surface area contributed by atoms with Crippen molar-refractivity contribution in [2.45, 2.75) is 70.8 Å². The first-order valence-corrected chi connectivity index (χ1v) is 7.34. The van der Waals surface area contributed by atoms with Crippen molar-refractivity contribution < 1.29 is 0 Å². The second-order valence-corrected chi connectivity index (χ2v) is 5.70. The Kier molecular flexibility index (Phi) is 3.44. The summed E-state index contributed by atoms with van der Waals surface area (Å²) in [4.78, 5) is 0. The molecule has 0 N–H and O–H groups in total. The quantitative estimate of drug-likeness (QED) is 0.785. The summed E-state index contributed by atoms with van der Waals surface area (Å²) < 4.78 is 2.42. The van der Waals surface area contributed by atoms with Gasteiger partial charge in [-0.2, -0.15) is 0 Å². The summed E-state index contributed by atoms with van der Waals surface area (Å²) in [7, 11) is 0. The van der Waals surface area contributed by atoms with E-state index in [1.807, 2.05) is 0 Å². The van der Waals surface area contributed by atoms with E-state index in [1.165, 1.54) is 69.4 Å². The molecule has 1 aliphatic heterocycles. The predicted octanol–water partition coefficient (Wildman–Crippen LogP) is 3.13. The van der Waals surface area contributed by atoms with Crippen molar-refractivity contribution in [1.82, 2.24) is 14.8 Å². The Hall–Kier alpha value is -0.860. The van der Waals surface area contributed by atoms with Crippen molar-refractivity contribution in [3.8, 4) is 0 Å². The van der Waals surface area contributed by atoms with Crippen molar-refractivity contribution in [1.29, 1.82) is 0 Å². The fourth-order valence-electron chi connectivity index (χ4n) is 3.35. The maximum Gasteiger partial charge on any atom is 0.133 e. The lowest BCUT2D eigenvalue weighted by molar-refractivity contribution is 0.347. The molecule has 3 nitrogen and oxygen atoms in total. The fourth-order valence-corrected chi connectivity index (χ4v) is 3.35. The number of aryl methyl sites for hydroxylation is 1. The molecule has 0 radical (unpaired) electrons. The van der Waals surface area contributed by atoms with Gasteiger partial charge in [0, 0.05) is 19.4 Å². The van der Waals surface area contributed by atoms with Gasteiger partial charge in [-0.25, -0.2) is 0 Å². The number of fused-ring (bicyclic) bond motifs is 1. The Bertz CT molecular complexity index is 364. The van der Waals surface area contributed by atoms with Crippen molar-refractivity contribution in [2.75, 3.05) is 0 Å². The molecule has 0 amide bonds. The molecular weight excluding hydrogens is 210 g/mol. The normalized spacial score (nSPS) is 22.1. The van der Waals surface area contributed by atoms with E-state index in [4.69, 9.17) is 0 Å². The smallest absolute Gasteiger partial charge is 0.133 e. The zero-order valence-electron chi connectivity index (χ0n) is 10.7. The van der Waals surface area contributed by atoms with Crippen LogP contribution in [-0.4, -0.2) is 14.8 Å². The largest absolute Gasteiger partial charge is 0.315 e. The molecule has 1 saturated carbocycles. The third-order valence-corrected chi connectivity index (χ3v) is 4.38. The number of hydrogen-bond acceptors (Lipinski definition) is 2. The molecule has 1 aromatic rings. The Morgan fingerprint density at radius 2 is 1.76 bits per heavy atom. The monoisotopic (exact) mass is 233 g/mol. The summed E-state index contributed by atoms with van der Waals surface area (Å²) in [5.74, 6) is 3.39. The minimum atomic E-state index is 0.875. The Morgan fingerprint density at radius 1 is 0.941 bits per heavy atom. The molecule has 17 heavy (non-hydrogen) atoms. The molecule has 0 spiro atoms. The van der Waals surface area contributed by atoms with Gasteiger partial charge in [-0.1, -0.05) is 38.5 Å². The molecular formula is C14H23N3. The van der Waals surface area contributed by atoms with Gasteiger partial charge in [-0.3, -0.25) is 0 Å². The van der Waals surface area contributed by atoms with Crippen molar-refractivity contribution >= 4 is 0 Å². The summed E-state index contributed by atoms with van der Waals surface area (Å²) >= 11 is 0. The van der Waals surface area contributed by atoms with E-state index in [1.54, 1.807) is 0 Å². The average molecular weight is 233 g/mol. The van der Waals surface area contributed by atoms with Gasteiger partial charge >= 0.3 is 0 Å². The Balaban J connectivity index is 1.71. The zero-order valence-corrected chi connectivity index (χ0v) is 10.7. The van der Waals surface area contributed by atoms with Gasteiger partial charge in [0.2, 0.25) is 0 Å². The summed E-state index contributed by atoms with van der Waals surface area (Å²) in [6, 6.07) is 0. The molecule has 94 valence electrons. The van der Waals surface area contributed by atoms with Crippen LogP contribution in [0.2, 0.25) is 0 Å². The second kappa shape index (κ2) is 5.19. The minimum Gasteiger partial charge on any atom is -0.315 e. The third-order valence-electron chi connectivity index (χ3n) is 4.38. The summed E-state index contributed by atoms with van der Waals surface area (Å²) in [5, 5.41) is 8.84. The van der Waals surface area contributed by atoms with Gasteiger partial charge in [0.1, 0.15) is 11.6 Å². The Labute approximate surface area is 104 Å². The highest BCUT2D eigenvalue weighted by Gasteiger charge is 2.19. The van der Waals surface area contributed by atoms with E-state index < -0.39 is 0 Å². The van der Waals surface area contributed by atoms with Crippen LogP contribution in [0.3, 0.4) is 0 Å². The molecule has 1 aromatic heterocycles. The highest BCUT2D eigenvalue weighted by Crippen LogP contribution is 2.27. The summed E-state index contributed by atoms with van der Waals surface area (Å²) in [6.07, 6.45) is 13.4. The van der Waals surface area contributed by atoms with Crippen LogP contribution in [0.5, 0.6) is 0 Å². The molecule has 3 rings (SSSR count). The van der Waals surface area contributed by atoms with Gasteiger partial charge in [-0.15, -0.1) is 10.2 Å². The standard InChI is InChI=1S/C14H23N3/c1-3-7-12(8-4-1)11-14-16-15-13-9-5-2-6-10-17(13)14/h12H,1-11H2. The van der Waals surface area contributed by atoms with Crippen molar-refractivity contribution in [2.24, 2.45) is 5.92 Å². The maximum absolute atomic E-state index is 4.45. The van der Waals surface area contributed by atoms with Crippen molar-refractivity contribution in [3.05, 3.63) is 11.6 Å². The number of aromatic nitrogens is 3. The number of nitrogens with zero attached hydrogens (tertiary/aromatic N) is 3. The second-order valence-electron chi connectivity index (χ2n) is 5.70. The molecule has 2 aliphatic rings. The highest BCUT2D eigenvalue weighted by atomic mass is 15.3. The molecule has 2 heterocycles. The van der Waals surface area contributed by atoms with Crippen LogP contribution in [0.1, 0.15) is 63.0 Å². The first-order chi connectivity index (χ1) is 8.43. The molecule has 3 heteroatoms. The first-order valence-electron chi connectivity index (χ1n) is 7.34. The zero-order chi connectivity index (χ0) is 11.5.